The molecule has 3 rings (SSSR count). The summed E-state index contributed by atoms with van der Waals surface area (Å²) in [4.78, 5) is 17.9. The van der Waals surface area contributed by atoms with E-state index in [1.807, 2.05) is 12.1 Å². The topological polar surface area (TPSA) is 79.5 Å². The zero-order valence-corrected chi connectivity index (χ0v) is 13.5. The Balaban J connectivity index is 1.59. The highest BCUT2D eigenvalue weighted by Crippen LogP contribution is 2.31. The van der Waals surface area contributed by atoms with Gasteiger partial charge in [-0.25, -0.2) is 0 Å². The number of aliphatic hydroxyl groups is 1. The quantitative estimate of drug-likeness (QED) is 0.932. The Bertz CT molecular complexity index is 678. The number of hydrogen-bond acceptors (Lipinski definition) is 5. The van der Waals surface area contributed by atoms with Gasteiger partial charge in [0.2, 0.25) is 5.89 Å². The fourth-order valence-corrected chi connectivity index (χ4v) is 3.00. The number of aliphatic hydroxyl groups excluding tert-OH is 1. The van der Waals surface area contributed by atoms with Crippen LogP contribution in [0.25, 0.3) is 0 Å². The molecule has 1 aromatic heterocycles. The molecule has 1 aliphatic rings. The SMILES string of the molecule is Cc1nc(C(=O)N2CCC(C(O)c3ccc(Cl)cc3)CC2)no1. The van der Waals surface area contributed by atoms with Crippen LogP contribution in [-0.2, 0) is 0 Å². The number of piperidine rings is 1. The first-order valence-electron chi connectivity index (χ1n) is 7.57. The van der Waals surface area contributed by atoms with Crippen LogP contribution in [0.15, 0.2) is 28.8 Å². The molecule has 7 heteroatoms. The van der Waals surface area contributed by atoms with Crippen molar-refractivity contribution in [3.05, 3.63) is 46.6 Å². The molecule has 1 fully saturated rings. The monoisotopic (exact) mass is 335 g/mol. The van der Waals surface area contributed by atoms with Gasteiger partial charge in [0, 0.05) is 25.0 Å². The Morgan fingerprint density at radius 1 is 1.35 bits per heavy atom. The summed E-state index contributed by atoms with van der Waals surface area (Å²) in [6.07, 6.45) is 0.913. The Morgan fingerprint density at radius 2 is 2.00 bits per heavy atom. The molecule has 1 amide bonds. The van der Waals surface area contributed by atoms with Gasteiger partial charge in [0.15, 0.2) is 0 Å². The maximum absolute atomic E-state index is 12.3. The third-order valence-corrected chi connectivity index (χ3v) is 4.46. The molecule has 0 bridgehead atoms. The van der Waals surface area contributed by atoms with Crippen molar-refractivity contribution in [2.45, 2.75) is 25.9 Å². The molecular formula is C16H18ClN3O3. The molecule has 122 valence electrons. The van der Waals surface area contributed by atoms with Gasteiger partial charge in [-0.15, -0.1) is 0 Å². The van der Waals surface area contributed by atoms with Crippen LogP contribution in [0.3, 0.4) is 0 Å². The zero-order chi connectivity index (χ0) is 16.4. The largest absolute Gasteiger partial charge is 0.388 e. The number of benzene rings is 1. The number of hydrogen-bond donors (Lipinski definition) is 1. The van der Waals surface area contributed by atoms with Crippen molar-refractivity contribution >= 4 is 17.5 Å². The summed E-state index contributed by atoms with van der Waals surface area (Å²) in [6, 6.07) is 7.23. The summed E-state index contributed by atoms with van der Waals surface area (Å²) in [5.41, 5.74) is 0.855. The molecule has 0 radical (unpaired) electrons. The number of halogens is 1. The van der Waals surface area contributed by atoms with E-state index in [-0.39, 0.29) is 17.6 Å². The molecule has 1 aromatic carbocycles. The van der Waals surface area contributed by atoms with Gasteiger partial charge in [-0.3, -0.25) is 4.79 Å². The maximum atomic E-state index is 12.3. The van der Waals surface area contributed by atoms with Crippen molar-refractivity contribution in [3.63, 3.8) is 0 Å². The second-order valence-corrected chi connectivity index (χ2v) is 6.20. The van der Waals surface area contributed by atoms with Crippen molar-refractivity contribution in [1.82, 2.24) is 15.0 Å². The minimum atomic E-state index is -0.545. The van der Waals surface area contributed by atoms with Crippen LogP contribution in [0, 0.1) is 12.8 Å². The fraction of sp³-hybridized carbons (Fsp3) is 0.438. The third kappa shape index (κ3) is 3.54. The minimum Gasteiger partial charge on any atom is -0.388 e. The smallest absolute Gasteiger partial charge is 0.295 e. The highest BCUT2D eigenvalue weighted by atomic mass is 35.5. The lowest BCUT2D eigenvalue weighted by molar-refractivity contribution is 0.0452. The third-order valence-electron chi connectivity index (χ3n) is 4.20. The van der Waals surface area contributed by atoms with E-state index in [0.29, 0.717) is 24.0 Å². The first kappa shape index (κ1) is 16.0. The molecule has 23 heavy (non-hydrogen) atoms. The summed E-state index contributed by atoms with van der Waals surface area (Å²) >= 11 is 5.87. The van der Waals surface area contributed by atoms with Crippen LogP contribution in [0.1, 0.15) is 41.0 Å². The Morgan fingerprint density at radius 3 is 2.57 bits per heavy atom. The van der Waals surface area contributed by atoms with Crippen LogP contribution in [-0.4, -0.2) is 39.1 Å². The van der Waals surface area contributed by atoms with E-state index < -0.39 is 6.10 Å². The number of rotatable bonds is 3. The molecule has 0 spiro atoms. The summed E-state index contributed by atoms with van der Waals surface area (Å²) in [7, 11) is 0. The van der Waals surface area contributed by atoms with E-state index in [1.165, 1.54) is 0 Å². The van der Waals surface area contributed by atoms with Gasteiger partial charge in [0.05, 0.1) is 6.10 Å². The zero-order valence-electron chi connectivity index (χ0n) is 12.8. The van der Waals surface area contributed by atoms with Crippen LogP contribution >= 0.6 is 11.6 Å². The number of likely N-dealkylation sites (tertiary alicyclic amines) is 1. The summed E-state index contributed by atoms with van der Waals surface area (Å²) in [5, 5.41) is 14.8. The number of amides is 1. The lowest BCUT2D eigenvalue weighted by Gasteiger charge is -2.33. The van der Waals surface area contributed by atoms with Gasteiger partial charge >= 0.3 is 0 Å². The van der Waals surface area contributed by atoms with Crippen molar-refractivity contribution in [3.8, 4) is 0 Å². The van der Waals surface area contributed by atoms with Crippen molar-refractivity contribution in [1.29, 1.82) is 0 Å². The molecule has 0 saturated carbocycles. The summed E-state index contributed by atoms with van der Waals surface area (Å²) in [5.74, 6) is 0.370. The van der Waals surface area contributed by atoms with Crippen molar-refractivity contribution in [2.75, 3.05) is 13.1 Å². The van der Waals surface area contributed by atoms with Crippen LogP contribution in [0.5, 0.6) is 0 Å². The normalized spacial score (nSPS) is 17.3. The average molecular weight is 336 g/mol. The van der Waals surface area contributed by atoms with E-state index in [1.54, 1.807) is 24.0 Å². The molecule has 6 nitrogen and oxygen atoms in total. The van der Waals surface area contributed by atoms with Gasteiger partial charge in [0.25, 0.3) is 11.7 Å². The summed E-state index contributed by atoms with van der Waals surface area (Å²) in [6.45, 7) is 2.79. The first-order valence-corrected chi connectivity index (χ1v) is 7.95. The second-order valence-electron chi connectivity index (χ2n) is 5.76. The van der Waals surface area contributed by atoms with Crippen LogP contribution in [0.4, 0.5) is 0 Å². The number of aromatic nitrogens is 2. The number of aryl methyl sites for hydroxylation is 1. The Hall–Kier alpha value is -1.92. The van der Waals surface area contributed by atoms with E-state index in [4.69, 9.17) is 16.1 Å². The number of carbonyl (C=O) groups is 1. The van der Waals surface area contributed by atoms with Gasteiger partial charge in [-0.05, 0) is 36.5 Å². The maximum Gasteiger partial charge on any atom is 0.295 e. The van der Waals surface area contributed by atoms with Crippen molar-refractivity contribution in [2.24, 2.45) is 5.92 Å². The molecule has 2 heterocycles. The van der Waals surface area contributed by atoms with E-state index in [9.17, 15) is 9.90 Å². The molecular weight excluding hydrogens is 318 g/mol. The Kier molecular flexibility index (Phi) is 4.63. The van der Waals surface area contributed by atoms with Crippen LogP contribution in [0.2, 0.25) is 5.02 Å². The predicted molar refractivity (Wildman–Crippen MR) is 84.1 cm³/mol. The molecule has 1 saturated heterocycles. The van der Waals surface area contributed by atoms with E-state index in [0.717, 1.165) is 18.4 Å². The Labute approximate surface area is 139 Å². The molecule has 1 N–H and O–H groups in total. The van der Waals surface area contributed by atoms with Crippen LogP contribution < -0.4 is 0 Å². The predicted octanol–water partition coefficient (Wildman–Crippen LogP) is 2.62. The van der Waals surface area contributed by atoms with E-state index in [2.05, 4.69) is 10.1 Å². The fourth-order valence-electron chi connectivity index (χ4n) is 2.88. The van der Waals surface area contributed by atoms with Gasteiger partial charge < -0.3 is 14.5 Å². The minimum absolute atomic E-state index is 0.0965. The molecule has 1 unspecified atom stereocenters. The van der Waals surface area contributed by atoms with Crippen molar-refractivity contribution < 1.29 is 14.4 Å². The van der Waals surface area contributed by atoms with Gasteiger partial charge in [-0.1, -0.05) is 28.9 Å². The number of nitrogens with zero attached hydrogens (tertiary/aromatic N) is 3. The second kappa shape index (κ2) is 6.68. The van der Waals surface area contributed by atoms with E-state index >= 15 is 0 Å². The average Bonchev–Trinajstić information content (AvgIpc) is 3.01. The highest BCUT2D eigenvalue weighted by Gasteiger charge is 2.30. The lowest BCUT2D eigenvalue weighted by Crippen LogP contribution is -2.40. The highest BCUT2D eigenvalue weighted by molar-refractivity contribution is 6.30. The van der Waals surface area contributed by atoms with Gasteiger partial charge in [-0.2, -0.15) is 4.98 Å². The standard InChI is InChI=1S/C16H18ClN3O3/c1-10-18-15(19-23-10)16(22)20-8-6-12(7-9-20)14(21)11-2-4-13(17)5-3-11/h2-5,12,14,21H,6-9H2,1H3. The first-order chi connectivity index (χ1) is 11.0. The molecule has 1 atom stereocenters. The molecule has 0 aliphatic carbocycles. The summed E-state index contributed by atoms with van der Waals surface area (Å²) < 4.78 is 4.84. The number of carbonyl (C=O) groups excluding carboxylic acids is 1. The molecule has 1 aliphatic heterocycles. The van der Waals surface area contributed by atoms with Gasteiger partial charge in [0.1, 0.15) is 0 Å². The molecule has 2 aromatic rings. The lowest BCUT2D eigenvalue weighted by atomic mass is 9.87.